The van der Waals surface area contributed by atoms with Gasteiger partial charge in [0.2, 0.25) is 0 Å². The molecule has 0 heterocycles. The maximum atomic E-state index is 8.51. The Morgan fingerprint density at radius 3 is 1.54 bits per heavy atom. The first kappa shape index (κ1) is 18.9. The summed E-state index contributed by atoms with van der Waals surface area (Å²) in [6.45, 7) is 2.61. The van der Waals surface area contributed by atoms with Gasteiger partial charge in [-0.2, -0.15) is 0 Å². The molecule has 13 heavy (non-hydrogen) atoms. The van der Waals surface area contributed by atoms with Crippen molar-refractivity contribution in [1.82, 2.24) is 6.15 Å². The average Bonchev–Trinajstić information content (AvgIpc) is 2.03. The van der Waals surface area contributed by atoms with Crippen LogP contribution in [0, 0.1) is 0 Å². The molecule has 0 aliphatic carbocycles. The van der Waals surface area contributed by atoms with Crippen LogP contribution in [0.15, 0.2) is 0 Å². The highest BCUT2D eigenvalue weighted by molar-refractivity contribution is 5.85. The highest BCUT2D eigenvalue weighted by Crippen LogP contribution is 2.07. The monoisotopic (exact) mass is 211 g/mol. The average molecular weight is 212 g/mol. The van der Waals surface area contributed by atoms with Gasteiger partial charge in [0.25, 0.3) is 0 Å². The second-order valence-electron chi connectivity index (χ2n) is 3.20. The van der Waals surface area contributed by atoms with E-state index < -0.39 is 0 Å². The Morgan fingerprint density at radius 2 is 1.15 bits per heavy atom. The van der Waals surface area contributed by atoms with Crippen LogP contribution in [0.4, 0.5) is 0 Å². The number of rotatable bonds is 8. The van der Waals surface area contributed by atoms with E-state index in [9.17, 15) is 0 Å². The molecule has 4 N–H and O–H groups in total. The summed E-state index contributed by atoms with van der Waals surface area (Å²) in [4.78, 5) is 0. The Hall–Kier alpha value is 0.210. The van der Waals surface area contributed by atoms with Crippen LogP contribution in [0.3, 0.4) is 0 Å². The van der Waals surface area contributed by atoms with Crippen molar-refractivity contribution >= 4 is 12.4 Å². The Morgan fingerprint density at radius 1 is 0.769 bits per heavy atom. The molecule has 0 fully saturated rings. The Bertz CT molecular complexity index is 63.9. The molecule has 0 aliphatic rings. The molecular weight excluding hydrogens is 186 g/mol. The number of aliphatic hydroxyl groups is 1. The van der Waals surface area contributed by atoms with Crippen molar-refractivity contribution in [2.45, 2.75) is 58.3 Å². The number of hydrogen-bond acceptors (Lipinski definition) is 2. The molecule has 0 spiro atoms. The van der Waals surface area contributed by atoms with Crippen molar-refractivity contribution in [3.8, 4) is 0 Å². The molecule has 0 aromatic carbocycles. The van der Waals surface area contributed by atoms with E-state index in [-0.39, 0.29) is 18.6 Å². The first-order chi connectivity index (χ1) is 5.41. The second-order valence-corrected chi connectivity index (χ2v) is 3.20. The van der Waals surface area contributed by atoms with Crippen LogP contribution < -0.4 is 6.15 Å². The van der Waals surface area contributed by atoms with Gasteiger partial charge in [-0.15, -0.1) is 12.4 Å². The van der Waals surface area contributed by atoms with E-state index in [0.29, 0.717) is 6.61 Å². The zero-order chi connectivity index (χ0) is 8.36. The quantitative estimate of drug-likeness (QED) is 0.602. The van der Waals surface area contributed by atoms with Crippen molar-refractivity contribution in [2.24, 2.45) is 0 Å². The van der Waals surface area contributed by atoms with E-state index in [4.69, 9.17) is 5.11 Å². The van der Waals surface area contributed by atoms with E-state index in [1.54, 1.807) is 0 Å². The number of halogens is 1. The van der Waals surface area contributed by atoms with Gasteiger partial charge in [-0.25, -0.2) is 0 Å². The van der Waals surface area contributed by atoms with Gasteiger partial charge >= 0.3 is 0 Å². The third kappa shape index (κ3) is 18.9. The molecule has 0 aromatic heterocycles. The fourth-order valence-corrected chi connectivity index (χ4v) is 1.25. The molecular formula is C10H26ClNO. The van der Waals surface area contributed by atoms with Crippen molar-refractivity contribution in [3.63, 3.8) is 0 Å². The van der Waals surface area contributed by atoms with Crippen LogP contribution >= 0.6 is 12.4 Å². The molecule has 0 rings (SSSR count). The summed E-state index contributed by atoms with van der Waals surface area (Å²) < 4.78 is 0. The predicted octanol–water partition coefficient (Wildman–Crippen LogP) is 3.70. The fourth-order valence-electron chi connectivity index (χ4n) is 1.25. The second kappa shape index (κ2) is 18.1. The first-order valence-corrected chi connectivity index (χ1v) is 5.02. The predicted molar refractivity (Wildman–Crippen MR) is 62.0 cm³/mol. The van der Waals surface area contributed by atoms with Crippen LogP contribution in [0.2, 0.25) is 0 Å². The smallest absolute Gasteiger partial charge is 0.0431 e. The van der Waals surface area contributed by atoms with E-state index in [0.717, 1.165) is 6.42 Å². The standard InChI is InChI=1S/C10H22O.ClH.H3N/c1-2-3-4-5-6-7-8-9-10-11;;/h11H,2-10H2,1H3;1H;1H3. The van der Waals surface area contributed by atoms with Crippen LogP contribution in [0.5, 0.6) is 0 Å². The van der Waals surface area contributed by atoms with Crippen LogP contribution in [-0.2, 0) is 0 Å². The lowest BCUT2D eigenvalue weighted by Crippen LogP contribution is -1.83. The van der Waals surface area contributed by atoms with Gasteiger partial charge in [-0.05, 0) is 6.42 Å². The fraction of sp³-hybridized carbons (Fsp3) is 1.00. The molecule has 0 saturated heterocycles. The summed E-state index contributed by atoms with van der Waals surface area (Å²) in [6, 6.07) is 0. The minimum absolute atomic E-state index is 0. The minimum atomic E-state index is 0. The van der Waals surface area contributed by atoms with Crippen molar-refractivity contribution in [1.29, 1.82) is 0 Å². The van der Waals surface area contributed by atoms with E-state index in [2.05, 4.69) is 6.92 Å². The molecule has 0 amide bonds. The zero-order valence-electron chi connectivity index (χ0n) is 8.93. The van der Waals surface area contributed by atoms with Gasteiger partial charge in [0, 0.05) is 6.61 Å². The van der Waals surface area contributed by atoms with Crippen molar-refractivity contribution < 1.29 is 5.11 Å². The SMILES string of the molecule is CCCCCCCCCCO.Cl.N. The Labute approximate surface area is 89.1 Å². The summed E-state index contributed by atoms with van der Waals surface area (Å²) in [7, 11) is 0. The molecule has 0 atom stereocenters. The minimum Gasteiger partial charge on any atom is -0.396 e. The molecule has 0 unspecified atom stereocenters. The maximum Gasteiger partial charge on any atom is 0.0431 e. The van der Waals surface area contributed by atoms with Crippen LogP contribution in [0.1, 0.15) is 58.3 Å². The number of unbranched alkanes of at least 4 members (excludes halogenated alkanes) is 7. The molecule has 0 saturated carbocycles. The molecule has 3 heteroatoms. The molecule has 0 aliphatic heterocycles. The maximum absolute atomic E-state index is 8.51. The van der Waals surface area contributed by atoms with E-state index >= 15 is 0 Å². The summed E-state index contributed by atoms with van der Waals surface area (Å²) in [5.74, 6) is 0. The van der Waals surface area contributed by atoms with Crippen LogP contribution in [0.25, 0.3) is 0 Å². The van der Waals surface area contributed by atoms with Crippen molar-refractivity contribution in [2.75, 3.05) is 6.61 Å². The highest BCUT2D eigenvalue weighted by atomic mass is 35.5. The summed E-state index contributed by atoms with van der Waals surface area (Å²) in [5.41, 5.74) is 0. The normalized spacial score (nSPS) is 8.77. The topological polar surface area (TPSA) is 55.2 Å². The van der Waals surface area contributed by atoms with Crippen molar-refractivity contribution in [3.05, 3.63) is 0 Å². The lowest BCUT2D eigenvalue weighted by atomic mass is 10.1. The lowest BCUT2D eigenvalue weighted by Gasteiger charge is -1.98. The first-order valence-electron chi connectivity index (χ1n) is 5.02. The number of hydrogen-bond donors (Lipinski definition) is 2. The molecule has 0 radical (unpaired) electrons. The Balaban J connectivity index is -0.000000500. The van der Waals surface area contributed by atoms with Gasteiger partial charge in [-0.3, -0.25) is 0 Å². The largest absolute Gasteiger partial charge is 0.396 e. The Kier molecular flexibility index (Phi) is 26.3. The van der Waals surface area contributed by atoms with Gasteiger partial charge < -0.3 is 11.3 Å². The van der Waals surface area contributed by atoms with E-state index in [1.165, 1.54) is 44.9 Å². The van der Waals surface area contributed by atoms with Gasteiger partial charge in [-0.1, -0.05) is 51.9 Å². The molecule has 0 bridgehead atoms. The molecule has 0 aromatic rings. The zero-order valence-corrected chi connectivity index (χ0v) is 9.74. The van der Waals surface area contributed by atoms with E-state index in [1.807, 2.05) is 0 Å². The summed E-state index contributed by atoms with van der Waals surface area (Å²) >= 11 is 0. The molecule has 2 nitrogen and oxygen atoms in total. The van der Waals surface area contributed by atoms with Gasteiger partial charge in [0.05, 0.1) is 0 Å². The third-order valence-corrected chi connectivity index (χ3v) is 2.01. The molecule has 84 valence electrons. The number of aliphatic hydroxyl groups excluding tert-OH is 1. The summed E-state index contributed by atoms with van der Waals surface area (Å²) in [6.07, 6.45) is 10.4. The van der Waals surface area contributed by atoms with Crippen LogP contribution in [-0.4, -0.2) is 11.7 Å². The highest BCUT2D eigenvalue weighted by Gasteiger charge is 1.89. The summed E-state index contributed by atoms with van der Waals surface area (Å²) in [5, 5.41) is 8.51. The van der Waals surface area contributed by atoms with Gasteiger partial charge in [0.15, 0.2) is 0 Å². The third-order valence-electron chi connectivity index (χ3n) is 2.01. The van der Waals surface area contributed by atoms with Gasteiger partial charge in [0.1, 0.15) is 0 Å². The lowest BCUT2D eigenvalue weighted by molar-refractivity contribution is 0.282.